The summed E-state index contributed by atoms with van der Waals surface area (Å²) in [4.78, 5) is 53.9. The van der Waals surface area contributed by atoms with Gasteiger partial charge in [-0.3, -0.25) is 29.4 Å². The van der Waals surface area contributed by atoms with Crippen LogP contribution in [0.4, 0.5) is 5.69 Å². The van der Waals surface area contributed by atoms with Gasteiger partial charge in [0.1, 0.15) is 11.3 Å². The molecule has 2 saturated heterocycles. The van der Waals surface area contributed by atoms with Gasteiger partial charge in [-0.2, -0.15) is 0 Å². The fraction of sp³-hybridized carbons (Fsp3) is 0.385. The largest absolute Gasteiger partial charge is 0.497 e. The number of primary amides is 1. The third-order valence-electron chi connectivity index (χ3n) is 7.71. The van der Waals surface area contributed by atoms with Gasteiger partial charge in [-0.1, -0.05) is 24.3 Å². The van der Waals surface area contributed by atoms with E-state index in [0.717, 1.165) is 16.7 Å². The zero-order chi connectivity index (χ0) is 25.1. The Kier molecular flexibility index (Phi) is 5.40. The second-order valence-corrected chi connectivity index (χ2v) is 9.56. The number of benzene rings is 2. The van der Waals surface area contributed by atoms with Crippen molar-refractivity contribution < 1.29 is 23.9 Å². The number of methoxy groups -OCH3 is 1. The molecule has 9 heteroatoms. The Hall–Kier alpha value is -3.72. The van der Waals surface area contributed by atoms with Gasteiger partial charge in [0.05, 0.1) is 25.5 Å². The monoisotopic (exact) mass is 476 g/mol. The number of hydrogen-bond donors (Lipinski definition) is 3. The number of fused-ring (bicyclic) bond motifs is 4. The van der Waals surface area contributed by atoms with Crippen molar-refractivity contribution in [2.45, 2.75) is 44.8 Å². The molecule has 0 radical (unpaired) electrons. The Labute approximate surface area is 203 Å². The number of likely N-dealkylation sites (tertiary alicyclic amines) is 1. The van der Waals surface area contributed by atoms with Gasteiger partial charge in [0.15, 0.2) is 0 Å². The van der Waals surface area contributed by atoms with Crippen LogP contribution in [0.1, 0.15) is 35.1 Å². The highest BCUT2D eigenvalue weighted by molar-refractivity contribution is 6.15. The zero-order valence-electron chi connectivity index (χ0n) is 19.9. The minimum atomic E-state index is -1.39. The van der Waals surface area contributed by atoms with Gasteiger partial charge >= 0.3 is 0 Å². The fourth-order valence-electron chi connectivity index (χ4n) is 5.79. The Balaban J connectivity index is 1.57. The maximum Gasteiger partial charge on any atom is 0.250 e. The highest BCUT2D eigenvalue weighted by Gasteiger charge is 2.70. The molecule has 3 aliphatic heterocycles. The van der Waals surface area contributed by atoms with Crippen molar-refractivity contribution in [1.29, 1.82) is 0 Å². The summed E-state index contributed by atoms with van der Waals surface area (Å²) in [7, 11) is 1.57. The van der Waals surface area contributed by atoms with Gasteiger partial charge in [-0.05, 0) is 49.1 Å². The first-order chi connectivity index (χ1) is 16.7. The molecule has 2 aromatic rings. The molecule has 182 valence electrons. The molecule has 0 aromatic heterocycles. The van der Waals surface area contributed by atoms with Crippen LogP contribution < -0.4 is 21.1 Å². The Morgan fingerprint density at radius 2 is 1.80 bits per heavy atom. The van der Waals surface area contributed by atoms with Crippen LogP contribution in [0.3, 0.4) is 0 Å². The Bertz CT molecular complexity index is 1260. The van der Waals surface area contributed by atoms with E-state index < -0.39 is 35.2 Å². The first kappa shape index (κ1) is 23.0. The zero-order valence-corrected chi connectivity index (χ0v) is 19.9. The summed E-state index contributed by atoms with van der Waals surface area (Å²) in [6.45, 7) is 3.96. The van der Waals surface area contributed by atoms with Crippen LogP contribution in [0.15, 0.2) is 36.4 Å². The van der Waals surface area contributed by atoms with Gasteiger partial charge in [0, 0.05) is 23.7 Å². The van der Waals surface area contributed by atoms with Gasteiger partial charge in [-0.25, -0.2) is 0 Å². The second kappa shape index (κ2) is 8.20. The minimum Gasteiger partial charge on any atom is -0.497 e. The fourth-order valence-corrected chi connectivity index (χ4v) is 5.79. The maximum atomic E-state index is 13.8. The molecular formula is C26H28N4O5. The normalized spacial score (nSPS) is 26.8. The summed E-state index contributed by atoms with van der Waals surface area (Å²) in [6.07, 6.45) is 0.291. The van der Waals surface area contributed by atoms with Gasteiger partial charge in [-0.15, -0.1) is 0 Å². The first-order valence-electron chi connectivity index (χ1n) is 11.6. The number of rotatable bonds is 6. The third-order valence-corrected chi connectivity index (χ3v) is 7.71. The van der Waals surface area contributed by atoms with Crippen LogP contribution in [0.2, 0.25) is 0 Å². The van der Waals surface area contributed by atoms with E-state index in [9.17, 15) is 19.2 Å². The molecule has 0 aliphatic carbocycles. The van der Waals surface area contributed by atoms with E-state index in [1.54, 1.807) is 31.4 Å². The molecule has 0 saturated carbocycles. The summed E-state index contributed by atoms with van der Waals surface area (Å²) in [5.74, 6) is -2.63. The molecule has 0 unspecified atom stereocenters. The molecule has 3 aliphatic rings. The average molecular weight is 477 g/mol. The van der Waals surface area contributed by atoms with Crippen molar-refractivity contribution in [2.75, 3.05) is 12.4 Å². The number of aryl methyl sites for hydroxylation is 1. The standard InChI is InChI=1S/C26H28N4O5/c1-13-4-9-17-22(14(13)2)28-25(34)26(17)21-20(18(29-26)10-11-19(27)31)23(32)30(24(21)33)12-15-5-7-16(35-3)8-6-15/h4-9,18,20-21,29H,10-12H2,1-3H3,(H2,27,31)(H,28,34)/t18-,20-,21+,26+/m1/s1. The lowest BCUT2D eigenvalue weighted by atomic mass is 9.76. The van der Waals surface area contributed by atoms with Crippen LogP contribution in [0.5, 0.6) is 5.75 Å². The molecule has 5 rings (SSSR count). The smallest absolute Gasteiger partial charge is 0.250 e. The number of carbonyl (C=O) groups is 4. The number of carbonyl (C=O) groups excluding carboxylic acids is 4. The molecule has 0 bridgehead atoms. The number of ether oxygens (including phenoxy) is 1. The van der Waals surface area contributed by atoms with Gasteiger partial charge in [0.2, 0.25) is 23.6 Å². The minimum absolute atomic E-state index is 0.0400. The number of nitrogens with one attached hydrogen (secondary N) is 2. The molecular weight excluding hydrogens is 448 g/mol. The lowest BCUT2D eigenvalue weighted by Gasteiger charge is -2.29. The van der Waals surface area contributed by atoms with Crippen LogP contribution in [0.25, 0.3) is 0 Å². The summed E-state index contributed by atoms with van der Waals surface area (Å²) in [5, 5.41) is 6.29. The van der Waals surface area contributed by atoms with Crippen molar-refractivity contribution in [2.24, 2.45) is 17.6 Å². The van der Waals surface area contributed by atoms with E-state index in [2.05, 4.69) is 10.6 Å². The van der Waals surface area contributed by atoms with E-state index in [1.165, 1.54) is 4.90 Å². The molecule has 9 nitrogen and oxygen atoms in total. The van der Waals surface area contributed by atoms with Crippen LogP contribution in [0, 0.1) is 25.7 Å². The number of imide groups is 1. The maximum absolute atomic E-state index is 13.8. The van der Waals surface area contributed by atoms with Crippen molar-refractivity contribution in [3.05, 3.63) is 58.7 Å². The van der Waals surface area contributed by atoms with E-state index in [4.69, 9.17) is 10.5 Å². The van der Waals surface area contributed by atoms with Gasteiger partial charge in [0.25, 0.3) is 0 Å². The topological polar surface area (TPSA) is 131 Å². The van der Waals surface area contributed by atoms with Crippen LogP contribution in [-0.4, -0.2) is 41.7 Å². The number of hydrogen-bond acceptors (Lipinski definition) is 6. The summed E-state index contributed by atoms with van der Waals surface area (Å²) in [5.41, 5.74) is 8.03. The number of anilines is 1. The van der Waals surface area contributed by atoms with Crippen LogP contribution >= 0.6 is 0 Å². The lowest BCUT2D eigenvalue weighted by molar-refractivity contribution is -0.143. The highest BCUT2D eigenvalue weighted by atomic mass is 16.5. The van der Waals surface area contributed by atoms with E-state index >= 15 is 0 Å². The molecule has 3 heterocycles. The summed E-state index contributed by atoms with van der Waals surface area (Å²) >= 11 is 0. The molecule has 4 amide bonds. The first-order valence-corrected chi connectivity index (χ1v) is 11.6. The predicted molar refractivity (Wildman–Crippen MR) is 127 cm³/mol. The van der Waals surface area contributed by atoms with E-state index in [1.807, 2.05) is 26.0 Å². The third kappa shape index (κ3) is 3.33. The molecule has 35 heavy (non-hydrogen) atoms. The quantitative estimate of drug-likeness (QED) is 0.542. The number of nitrogens with zero attached hydrogens (tertiary/aromatic N) is 1. The molecule has 4 atom stereocenters. The van der Waals surface area contributed by atoms with E-state index in [0.29, 0.717) is 17.0 Å². The molecule has 4 N–H and O–H groups in total. The SMILES string of the molecule is COc1ccc(CN2C(=O)[C@H]3[C@@H](C2=O)[C@]2(N[C@@H]3CCC(N)=O)C(=O)Nc3c2ccc(C)c3C)cc1. The lowest BCUT2D eigenvalue weighted by Crippen LogP contribution is -2.53. The molecule has 2 fully saturated rings. The van der Waals surface area contributed by atoms with Crippen molar-refractivity contribution in [3.8, 4) is 5.75 Å². The predicted octanol–water partition coefficient (Wildman–Crippen LogP) is 1.50. The van der Waals surface area contributed by atoms with Crippen molar-refractivity contribution in [1.82, 2.24) is 10.2 Å². The summed E-state index contributed by atoms with van der Waals surface area (Å²) < 4.78 is 5.19. The number of nitrogens with two attached hydrogens (primary N) is 1. The van der Waals surface area contributed by atoms with Gasteiger partial charge < -0.3 is 15.8 Å². The Morgan fingerprint density at radius 3 is 2.46 bits per heavy atom. The highest BCUT2D eigenvalue weighted by Crippen LogP contribution is 2.54. The van der Waals surface area contributed by atoms with Crippen molar-refractivity contribution in [3.63, 3.8) is 0 Å². The average Bonchev–Trinajstić information content (AvgIpc) is 3.41. The van der Waals surface area contributed by atoms with Crippen molar-refractivity contribution >= 4 is 29.3 Å². The molecule has 2 aromatic carbocycles. The van der Waals surface area contributed by atoms with E-state index in [-0.39, 0.29) is 31.2 Å². The summed E-state index contributed by atoms with van der Waals surface area (Å²) in [6, 6.07) is 10.4. The Morgan fingerprint density at radius 1 is 1.09 bits per heavy atom. The number of amides is 4. The van der Waals surface area contributed by atoms with Crippen LogP contribution in [-0.2, 0) is 31.3 Å². The molecule has 1 spiro atoms. The second-order valence-electron chi connectivity index (χ2n) is 9.56.